The fourth-order valence-corrected chi connectivity index (χ4v) is 5.05. The second-order valence-electron chi connectivity index (χ2n) is 8.03. The molecule has 3 atom stereocenters. The highest BCUT2D eigenvalue weighted by molar-refractivity contribution is 7.11. The molecule has 4 nitrogen and oxygen atoms in total. The predicted octanol–water partition coefficient (Wildman–Crippen LogP) is 3.25. The SMILES string of the molecule is Cc1ncc(CN(C)C[C@@H](O)COCC2=CC[C@H]3C[C@H]2C3(C)C)s1. The van der Waals surface area contributed by atoms with Crippen molar-refractivity contribution in [2.45, 2.75) is 46.3 Å². The van der Waals surface area contributed by atoms with Crippen LogP contribution in [0.25, 0.3) is 0 Å². The van der Waals surface area contributed by atoms with Gasteiger partial charge < -0.3 is 9.84 Å². The van der Waals surface area contributed by atoms with E-state index in [-0.39, 0.29) is 0 Å². The molecule has 1 heterocycles. The minimum atomic E-state index is -0.449. The average molecular weight is 351 g/mol. The first-order valence-electron chi connectivity index (χ1n) is 8.91. The highest BCUT2D eigenvalue weighted by atomic mass is 32.1. The first-order valence-corrected chi connectivity index (χ1v) is 9.72. The maximum atomic E-state index is 10.2. The number of aliphatic hydroxyl groups is 1. The molecule has 0 aromatic carbocycles. The summed E-state index contributed by atoms with van der Waals surface area (Å²) >= 11 is 1.71. The minimum Gasteiger partial charge on any atom is -0.389 e. The van der Waals surface area contributed by atoms with Gasteiger partial charge in [0.15, 0.2) is 0 Å². The molecule has 3 aliphatic carbocycles. The van der Waals surface area contributed by atoms with Crippen LogP contribution >= 0.6 is 11.3 Å². The third-order valence-electron chi connectivity index (χ3n) is 5.78. The Labute approximate surface area is 149 Å². The number of fused-ring (bicyclic) bond motifs is 1. The molecule has 0 unspecified atom stereocenters. The van der Waals surface area contributed by atoms with Gasteiger partial charge in [-0.25, -0.2) is 4.98 Å². The zero-order valence-corrected chi connectivity index (χ0v) is 16.1. The van der Waals surface area contributed by atoms with Gasteiger partial charge in [0.1, 0.15) is 0 Å². The van der Waals surface area contributed by atoms with Crippen molar-refractivity contribution >= 4 is 11.3 Å². The number of hydrogen-bond donors (Lipinski definition) is 1. The van der Waals surface area contributed by atoms with Crippen LogP contribution in [0, 0.1) is 24.2 Å². The molecule has 1 aromatic heterocycles. The molecule has 4 rings (SSSR count). The van der Waals surface area contributed by atoms with E-state index in [1.807, 2.05) is 20.2 Å². The normalized spacial score (nSPS) is 26.2. The molecule has 134 valence electrons. The van der Waals surface area contributed by atoms with E-state index in [1.165, 1.54) is 23.3 Å². The maximum Gasteiger partial charge on any atom is 0.0900 e. The summed E-state index contributed by atoms with van der Waals surface area (Å²) in [6.45, 7) is 9.30. The van der Waals surface area contributed by atoms with Crippen LogP contribution in [0.4, 0.5) is 0 Å². The van der Waals surface area contributed by atoms with E-state index in [9.17, 15) is 5.11 Å². The van der Waals surface area contributed by atoms with Crippen LogP contribution in [-0.2, 0) is 11.3 Å². The maximum absolute atomic E-state index is 10.2. The van der Waals surface area contributed by atoms with Crippen LogP contribution in [-0.4, -0.2) is 47.9 Å². The molecular weight excluding hydrogens is 320 g/mol. The lowest BCUT2D eigenvalue weighted by Crippen LogP contribution is -2.48. The fourth-order valence-electron chi connectivity index (χ4n) is 4.17. The van der Waals surface area contributed by atoms with Crippen LogP contribution in [0.3, 0.4) is 0 Å². The van der Waals surface area contributed by atoms with Gasteiger partial charge in [-0.1, -0.05) is 19.9 Å². The smallest absolute Gasteiger partial charge is 0.0900 e. The van der Waals surface area contributed by atoms with Crippen LogP contribution in [0.15, 0.2) is 17.8 Å². The molecule has 0 amide bonds. The molecular formula is C19H30N2O2S. The van der Waals surface area contributed by atoms with Gasteiger partial charge in [-0.3, -0.25) is 4.90 Å². The van der Waals surface area contributed by atoms with Gasteiger partial charge in [-0.15, -0.1) is 11.3 Å². The summed E-state index contributed by atoms with van der Waals surface area (Å²) in [5.41, 5.74) is 1.89. The molecule has 24 heavy (non-hydrogen) atoms. The van der Waals surface area contributed by atoms with Crippen LogP contribution < -0.4 is 0 Å². The number of aliphatic hydroxyl groups excluding tert-OH is 1. The van der Waals surface area contributed by atoms with E-state index in [1.54, 1.807) is 11.3 Å². The van der Waals surface area contributed by atoms with Crippen molar-refractivity contribution in [3.63, 3.8) is 0 Å². The van der Waals surface area contributed by atoms with Gasteiger partial charge in [-0.2, -0.15) is 0 Å². The molecule has 5 heteroatoms. The molecule has 3 aliphatic rings. The predicted molar refractivity (Wildman–Crippen MR) is 98.1 cm³/mol. The summed E-state index contributed by atoms with van der Waals surface area (Å²) in [4.78, 5) is 7.63. The summed E-state index contributed by atoms with van der Waals surface area (Å²) < 4.78 is 5.82. The Kier molecular flexibility index (Phi) is 5.45. The number of ether oxygens (including phenoxy) is 1. The second-order valence-corrected chi connectivity index (χ2v) is 9.35. The van der Waals surface area contributed by atoms with Gasteiger partial charge >= 0.3 is 0 Å². The van der Waals surface area contributed by atoms with Crippen molar-refractivity contribution in [2.75, 3.05) is 26.8 Å². The standard InChI is InChI=1S/C19H30N2O2S/c1-13-20-8-17(24-13)10-21(4)9-16(22)12-23-11-14-5-6-15-7-18(14)19(15,2)3/h5,8,15-16,18,22H,6-7,9-12H2,1-4H3/t15-,16+,18+/m0/s1. The Morgan fingerprint density at radius 3 is 2.92 bits per heavy atom. The number of hydrogen-bond acceptors (Lipinski definition) is 5. The first-order chi connectivity index (χ1) is 11.4. The van der Waals surface area contributed by atoms with Crippen molar-refractivity contribution < 1.29 is 9.84 Å². The number of nitrogens with zero attached hydrogens (tertiary/aromatic N) is 2. The van der Waals surface area contributed by atoms with Crippen molar-refractivity contribution in [3.05, 3.63) is 27.7 Å². The van der Waals surface area contributed by atoms with E-state index >= 15 is 0 Å². The van der Waals surface area contributed by atoms with Gasteiger partial charge in [-0.05, 0) is 49.6 Å². The van der Waals surface area contributed by atoms with E-state index in [2.05, 4.69) is 29.8 Å². The Morgan fingerprint density at radius 2 is 2.29 bits per heavy atom. The lowest BCUT2D eigenvalue weighted by atomic mass is 9.49. The summed E-state index contributed by atoms with van der Waals surface area (Å²) in [6.07, 6.45) is 6.36. The number of aromatic nitrogens is 1. The van der Waals surface area contributed by atoms with E-state index < -0.39 is 6.10 Å². The number of likely N-dealkylation sites (N-methyl/N-ethyl adjacent to an activating group) is 1. The lowest BCUT2D eigenvalue weighted by molar-refractivity contribution is -0.0257. The molecule has 2 bridgehead atoms. The Balaban J connectivity index is 1.37. The quantitative estimate of drug-likeness (QED) is 0.731. The third-order valence-corrected chi connectivity index (χ3v) is 6.68. The van der Waals surface area contributed by atoms with Gasteiger partial charge in [0, 0.05) is 24.2 Å². The van der Waals surface area contributed by atoms with Crippen molar-refractivity contribution in [1.29, 1.82) is 0 Å². The molecule has 1 fully saturated rings. The largest absolute Gasteiger partial charge is 0.389 e. The number of allylic oxidation sites excluding steroid dienone is 1. The highest BCUT2D eigenvalue weighted by Crippen LogP contribution is 2.59. The Bertz CT molecular complexity index is 596. The molecule has 0 saturated heterocycles. The first kappa shape index (κ1) is 18.1. The zero-order valence-electron chi connectivity index (χ0n) is 15.3. The molecule has 0 aliphatic heterocycles. The molecule has 1 aromatic rings. The van der Waals surface area contributed by atoms with Gasteiger partial charge in [0.05, 0.1) is 24.3 Å². The van der Waals surface area contributed by atoms with E-state index in [4.69, 9.17) is 4.74 Å². The molecule has 1 N–H and O–H groups in total. The third kappa shape index (κ3) is 3.90. The number of aryl methyl sites for hydroxylation is 1. The topological polar surface area (TPSA) is 45.6 Å². The van der Waals surface area contributed by atoms with Crippen LogP contribution in [0.1, 0.15) is 36.6 Å². The van der Waals surface area contributed by atoms with E-state index in [0.717, 1.165) is 17.5 Å². The Hall–Kier alpha value is -0.750. The molecule has 1 saturated carbocycles. The number of thiazole rings is 1. The van der Waals surface area contributed by atoms with Crippen LogP contribution in [0.5, 0.6) is 0 Å². The average Bonchev–Trinajstić information content (AvgIpc) is 2.92. The second kappa shape index (κ2) is 7.24. The summed E-state index contributed by atoms with van der Waals surface area (Å²) in [5, 5.41) is 11.3. The number of rotatable bonds is 8. The van der Waals surface area contributed by atoms with E-state index in [0.29, 0.717) is 31.1 Å². The Morgan fingerprint density at radius 1 is 1.50 bits per heavy atom. The summed E-state index contributed by atoms with van der Waals surface area (Å²) in [6, 6.07) is 0. The van der Waals surface area contributed by atoms with Gasteiger partial charge in [0.25, 0.3) is 0 Å². The monoisotopic (exact) mass is 350 g/mol. The fraction of sp³-hybridized carbons (Fsp3) is 0.737. The summed E-state index contributed by atoms with van der Waals surface area (Å²) in [5.74, 6) is 1.55. The lowest BCUT2D eigenvalue weighted by Gasteiger charge is -2.56. The zero-order chi connectivity index (χ0) is 17.3. The van der Waals surface area contributed by atoms with Crippen LogP contribution in [0.2, 0.25) is 0 Å². The molecule has 0 spiro atoms. The van der Waals surface area contributed by atoms with Crippen molar-refractivity contribution in [3.8, 4) is 0 Å². The highest BCUT2D eigenvalue weighted by Gasteiger charge is 2.50. The minimum absolute atomic E-state index is 0.403. The van der Waals surface area contributed by atoms with Crippen molar-refractivity contribution in [2.24, 2.45) is 17.3 Å². The summed E-state index contributed by atoms with van der Waals surface area (Å²) in [7, 11) is 2.03. The molecule has 0 radical (unpaired) electrons. The van der Waals surface area contributed by atoms with Crippen molar-refractivity contribution in [1.82, 2.24) is 9.88 Å². The van der Waals surface area contributed by atoms with Gasteiger partial charge in [0.2, 0.25) is 0 Å².